The first-order chi connectivity index (χ1) is 10.2. The molecule has 1 unspecified atom stereocenters. The first-order valence-corrected chi connectivity index (χ1v) is 8.78. The molecule has 2 aliphatic rings. The minimum atomic E-state index is -0.520. The molecule has 0 radical (unpaired) electrons. The van der Waals surface area contributed by atoms with E-state index in [-0.39, 0.29) is 17.9 Å². The van der Waals surface area contributed by atoms with E-state index in [9.17, 15) is 9.59 Å². The zero-order valence-corrected chi connectivity index (χ0v) is 13.6. The molecule has 2 rings (SSSR count). The first kappa shape index (κ1) is 16.3. The average Bonchev–Trinajstić information content (AvgIpc) is 2.95. The molecule has 2 amide bonds. The topological polar surface area (TPSA) is 49.4 Å². The maximum absolute atomic E-state index is 12.8. The van der Waals surface area contributed by atoms with Gasteiger partial charge in [-0.2, -0.15) is 0 Å². The highest BCUT2D eigenvalue weighted by Gasteiger charge is 2.53. The summed E-state index contributed by atoms with van der Waals surface area (Å²) in [5.41, 5.74) is -0.520. The summed E-state index contributed by atoms with van der Waals surface area (Å²) in [6.45, 7) is 5.01. The van der Waals surface area contributed by atoms with Gasteiger partial charge in [-0.05, 0) is 25.7 Å². The van der Waals surface area contributed by atoms with Gasteiger partial charge in [0.2, 0.25) is 11.8 Å². The summed E-state index contributed by atoms with van der Waals surface area (Å²) in [4.78, 5) is 27.4. The fourth-order valence-corrected chi connectivity index (χ4v) is 3.84. The molecule has 21 heavy (non-hydrogen) atoms. The SMILES string of the molecule is CCCCCCN1C(=O)C(CCC)NC(=O)C12CCCC2. The highest BCUT2D eigenvalue weighted by Crippen LogP contribution is 2.38. The largest absolute Gasteiger partial charge is 0.342 e. The van der Waals surface area contributed by atoms with Gasteiger partial charge in [0.15, 0.2) is 0 Å². The minimum absolute atomic E-state index is 0.105. The maximum Gasteiger partial charge on any atom is 0.246 e. The van der Waals surface area contributed by atoms with Crippen molar-refractivity contribution in [1.82, 2.24) is 10.2 Å². The van der Waals surface area contributed by atoms with Crippen LogP contribution >= 0.6 is 0 Å². The Hall–Kier alpha value is -1.06. The Morgan fingerprint density at radius 2 is 1.81 bits per heavy atom. The summed E-state index contributed by atoms with van der Waals surface area (Å²) >= 11 is 0. The molecule has 1 aliphatic heterocycles. The van der Waals surface area contributed by atoms with Crippen LogP contribution in [0.5, 0.6) is 0 Å². The van der Waals surface area contributed by atoms with E-state index in [0.717, 1.165) is 57.9 Å². The lowest BCUT2D eigenvalue weighted by Crippen LogP contribution is -2.69. The third-order valence-corrected chi connectivity index (χ3v) is 5.05. The van der Waals surface area contributed by atoms with E-state index in [4.69, 9.17) is 0 Å². The van der Waals surface area contributed by atoms with Crippen LogP contribution in [0.15, 0.2) is 0 Å². The van der Waals surface area contributed by atoms with E-state index in [0.29, 0.717) is 0 Å². The Balaban J connectivity index is 2.11. The van der Waals surface area contributed by atoms with Gasteiger partial charge in [-0.15, -0.1) is 0 Å². The van der Waals surface area contributed by atoms with Crippen molar-refractivity contribution in [3.8, 4) is 0 Å². The standard InChI is InChI=1S/C17H30N2O2/c1-3-5-6-9-13-19-15(20)14(10-4-2)18-16(21)17(19)11-7-8-12-17/h14H,3-13H2,1-2H3,(H,18,21). The second kappa shape index (κ2) is 7.28. The quantitative estimate of drug-likeness (QED) is 0.734. The summed E-state index contributed by atoms with van der Waals surface area (Å²) in [5, 5.41) is 3.00. The van der Waals surface area contributed by atoms with E-state index >= 15 is 0 Å². The van der Waals surface area contributed by atoms with Crippen molar-refractivity contribution < 1.29 is 9.59 Å². The number of unbranched alkanes of at least 4 members (excludes halogenated alkanes) is 3. The zero-order chi connectivity index (χ0) is 15.3. The van der Waals surface area contributed by atoms with Gasteiger partial charge >= 0.3 is 0 Å². The van der Waals surface area contributed by atoms with Crippen molar-refractivity contribution >= 4 is 11.8 Å². The Kier molecular flexibility index (Phi) is 5.65. The molecule has 0 aromatic heterocycles. The number of hydrogen-bond acceptors (Lipinski definition) is 2. The summed E-state index contributed by atoms with van der Waals surface area (Å²) in [6, 6.07) is -0.292. The molecule has 1 heterocycles. The van der Waals surface area contributed by atoms with Crippen molar-refractivity contribution in [2.45, 2.75) is 89.6 Å². The second-order valence-electron chi connectivity index (χ2n) is 6.60. The number of amides is 2. The molecule has 1 saturated carbocycles. The van der Waals surface area contributed by atoms with Gasteiger partial charge in [0.05, 0.1) is 0 Å². The maximum atomic E-state index is 12.8. The van der Waals surface area contributed by atoms with Crippen LogP contribution in [0.2, 0.25) is 0 Å². The van der Waals surface area contributed by atoms with Gasteiger partial charge in [0.1, 0.15) is 11.6 Å². The zero-order valence-electron chi connectivity index (χ0n) is 13.6. The van der Waals surface area contributed by atoms with Gasteiger partial charge in [-0.3, -0.25) is 9.59 Å². The smallest absolute Gasteiger partial charge is 0.246 e. The molecule has 120 valence electrons. The van der Waals surface area contributed by atoms with Crippen molar-refractivity contribution in [2.75, 3.05) is 6.54 Å². The van der Waals surface area contributed by atoms with E-state index < -0.39 is 5.54 Å². The molecule has 1 aliphatic carbocycles. The van der Waals surface area contributed by atoms with Crippen LogP contribution in [0, 0.1) is 0 Å². The molecule has 1 spiro atoms. The number of nitrogens with one attached hydrogen (secondary N) is 1. The summed E-state index contributed by atoms with van der Waals surface area (Å²) in [5.74, 6) is 0.267. The molecule has 1 atom stereocenters. The highest BCUT2D eigenvalue weighted by atomic mass is 16.2. The van der Waals surface area contributed by atoms with E-state index in [2.05, 4.69) is 19.2 Å². The Morgan fingerprint density at radius 3 is 2.43 bits per heavy atom. The Labute approximate surface area is 128 Å². The van der Waals surface area contributed by atoms with Crippen LogP contribution in [0.4, 0.5) is 0 Å². The van der Waals surface area contributed by atoms with Gasteiger partial charge in [0.25, 0.3) is 0 Å². The van der Waals surface area contributed by atoms with E-state index in [1.807, 2.05) is 4.90 Å². The lowest BCUT2D eigenvalue weighted by atomic mass is 9.88. The average molecular weight is 294 g/mol. The molecule has 1 saturated heterocycles. The normalized spacial score (nSPS) is 24.7. The number of carbonyl (C=O) groups excluding carboxylic acids is 2. The fraction of sp³-hybridized carbons (Fsp3) is 0.882. The minimum Gasteiger partial charge on any atom is -0.342 e. The fourth-order valence-electron chi connectivity index (χ4n) is 3.84. The van der Waals surface area contributed by atoms with Crippen molar-refractivity contribution in [3.63, 3.8) is 0 Å². The molecular formula is C17H30N2O2. The third kappa shape index (κ3) is 3.24. The summed E-state index contributed by atoms with van der Waals surface area (Å²) < 4.78 is 0. The lowest BCUT2D eigenvalue weighted by molar-refractivity contribution is -0.157. The number of rotatable bonds is 7. The molecular weight excluding hydrogens is 264 g/mol. The summed E-state index contributed by atoms with van der Waals surface area (Å²) in [7, 11) is 0. The Morgan fingerprint density at radius 1 is 1.10 bits per heavy atom. The van der Waals surface area contributed by atoms with Gasteiger partial charge in [0, 0.05) is 6.54 Å². The molecule has 4 nitrogen and oxygen atoms in total. The monoisotopic (exact) mass is 294 g/mol. The van der Waals surface area contributed by atoms with Gasteiger partial charge in [-0.1, -0.05) is 52.4 Å². The number of piperazine rings is 1. The Bertz CT molecular complexity index is 375. The predicted octanol–water partition coefficient (Wildman–Crippen LogP) is 3.01. The van der Waals surface area contributed by atoms with Gasteiger partial charge < -0.3 is 10.2 Å². The number of carbonyl (C=O) groups is 2. The predicted molar refractivity (Wildman–Crippen MR) is 83.9 cm³/mol. The molecule has 1 N–H and O–H groups in total. The van der Waals surface area contributed by atoms with Crippen LogP contribution in [0.25, 0.3) is 0 Å². The van der Waals surface area contributed by atoms with Crippen molar-refractivity contribution in [1.29, 1.82) is 0 Å². The number of hydrogen-bond donors (Lipinski definition) is 1. The highest BCUT2D eigenvalue weighted by molar-refractivity contribution is 6.00. The van der Waals surface area contributed by atoms with E-state index in [1.54, 1.807) is 0 Å². The van der Waals surface area contributed by atoms with Crippen LogP contribution < -0.4 is 5.32 Å². The van der Waals surface area contributed by atoms with Crippen molar-refractivity contribution in [3.05, 3.63) is 0 Å². The first-order valence-electron chi connectivity index (χ1n) is 8.78. The van der Waals surface area contributed by atoms with Crippen LogP contribution in [0.3, 0.4) is 0 Å². The summed E-state index contributed by atoms with van der Waals surface area (Å²) in [6.07, 6.45) is 10.1. The second-order valence-corrected chi connectivity index (χ2v) is 6.60. The van der Waals surface area contributed by atoms with E-state index in [1.165, 1.54) is 12.8 Å². The number of nitrogens with zero attached hydrogens (tertiary/aromatic N) is 1. The van der Waals surface area contributed by atoms with Crippen LogP contribution in [-0.4, -0.2) is 34.8 Å². The van der Waals surface area contributed by atoms with Crippen LogP contribution in [-0.2, 0) is 9.59 Å². The molecule has 0 aromatic rings. The lowest BCUT2D eigenvalue weighted by Gasteiger charge is -2.46. The molecule has 0 aromatic carbocycles. The van der Waals surface area contributed by atoms with Crippen LogP contribution in [0.1, 0.15) is 78.1 Å². The van der Waals surface area contributed by atoms with Crippen molar-refractivity contribution in [2.24, 2.45) is 0 Å². The molecule has 4 heteroatoms. The van der Waals surface area contributed by atoms with Gasteiger partial charge in [-0.25, -0.2) is 0 Å². The molecule has 0 bridgehead atoms. The third-order valence-electron chi connectivity index (χ3n) is 5.05. The molecule has 2 fully saturated rings.